The van der Waals surface area contributed by atoms with Crippen LogP contribution in [-0.4, -0.2) is 58.4 Å². The summed E-state index contributed by atoms with van der Waals surface area (Å²) in [6.07, 6.45) is 6.75. The van der Waals surface area contributed by atoms with Gasteiger partial charge in [-0.05, 0) is 31.9 Å². The highest BCUT2D eigenvalue weighted by molar-refractivity contribution is 5.87. The molecule has 4 heterocycles. The fourth-order valence-corrected chi connectivity index (χ4v) is 4.13. The van der Waals surface area contributed by atoms with Crippen LogP contribution in [0.1, 0.15) is 26.2 Å². The predicted octanol–water partition coefficient (Wildman–Crippen LogP) is 1.98. The van der Waals surface area contributed by atoms with Gasteiger partial charge in [0.25, 0.3) is 0 Å². The standard InChI is InChI=1S/C15H21N5.C3H3NO/c1-11-8-19(2)15(11)5-3-7-20(9-15)14-12-4-6-16-13(12)17-10-18-14;4-2-1-3-5/h4,6,10-11H,3,5,7-9H2,1-2H3,(H,16,17,18);3H,1H2. The summed E-state index contributed by atoms with van der Waals surface area (Å²) in [4.78, 5) is 26.2. The number of likely N-dealkylation sites (tertiary alicyclic amines) is 1. The number of fused-ring (bicyclic) bond motifs is 1. The van der Waals surface area contributed by atoms with Crippen molar-refractivity contribution >= 4 is 23.1 Å². The minimum atomic E-state index is 0.0139. The highest BCUT2D eigenvalue weighted by Crippen LogP contribution is 2.43. The number of carbonyl (C=O) groups is 1. The molecule has 2 fully saturated rings. The summed E-state index contributed by atoms with van der Waals surface area (Å²) < 4.78 is 0. The molecule has 0 aliphatic carbocycles. The molecule has 1 N–H and O–H groups in total. The van der Waals surface area contributed by atoms with Crippen LogP contribution in [0.2, 0.25) is 0 Å². The van der Waals surface area contributed by atoms with E-state index in [1.807, 2.05) is 6.20 Å². The molecule has 2 aliphatic heterocycles. The number of hydrogen-bond donors (Lipinski definition) is 1. The Morgan fingerprint density at radius 1 is 1.52 bits per heavy atom. The Bertz CT molecular complexity index is 771. The lowest BCUT2D eigenvalue weighted by Gasteiger charge is -2.60. The number of aromatic nitrogens is 3. The number of carbonyl (C=O) groups excluding carboxylic acids is 1. The maximum atomic E-state index is 9.18. The van der Waals surface area contributed by atoms with Crippen molar-refractivity contribution in [3.05, 3.63) is 18.6 Å². The van der Waals surface area contributed by atoms with Crippen LogP contribution in [0.3, 0.4) is 0 Å². The first kappa shape index (κ1) is 17.4. The fraction of sp³-hybridized carbons (Fsp3) is 0.556. The second-order valence-electron chi connectivity index (χ2n) is 6.88. The molecule has 2 aromatic rings. The summed E-state index contributed by atoms with van der Waals surface area (Å²) in [6.45, 7) is 5.79. The Kier molecular flexibility index (Phi) is 5.00. The molecule has 2 aromatic heterocycles. The lowest BCUT2D eigenvalue weighted by atomic mass is 9.70. The number of H-pyrrole nitrogens is 1. The number of hydrogen-bond acceptors (Lipinski definition) is 6. The van der Waals surface area contributed by atoms with Gasteiger partial charge in [0.2, 0.25) is 0 Å². The zero-order valence-electron chi connectivity index (χ0n) is 14.8. The van der Waals surface area contributed by atoms with Crippen molar-refractivity contribution in [2.45, 2.75) is 31.7 Å². The molecule has 0 amide bonds. The Morgan fingerprint density at radius 3 is 3.00 bits per heavy atom. The van der Waals surface area contributed by atoms with Crippen LogP contribution < -0.4 is 4.90 Å². The number of nitrogens with zero attached hydrogens (tertiary/aromatic N) is 5. The van der Waals surface area contributed by atoms with Crippen molar-refractivity contribution in [1.82, 2.24) is 19.9 Å². The van der Waals surface area contributed by atoms with E-state index in [0.29, 0.717) is 11.8 Å². The second kappa shape index (κ2) is 7.19. The van der Waals surface area contributed by atoms with Gasteiger partial charge in [-0.3, -0.25) is 4.90 Å². The monoisotopic (exact) mass is 340 g/mol. The molecule has 0 bridgehead atoms. The molecule has 0 radical (unpaired) electrons. The normalized spacial score (nSPS) is 25.8. The van der Waals surface area contributed by atoms with Crippen molar-refractivity contribution in [2.24, 2.45) is 5.92 Å². The van der Waals surface area contributed by atoms with Crippen LogP contribution in [0.15, 0.2) is 18.6 Å². The number of aromatic amines is 1. The van der Waals surface area contributed by atoms with E-state index in [-0.39, 0.29) is 6.42 Å². The first-order valence-electron chi connectivity index (χ1n) is 8.67. The molecule has 25 heavy (non-hydrogen) atoms. The summed E-state index contributed by atoms with van der Waals surface area (Å²) in [5.41, 5.74) is 1.29. The van der Waals surface area contributed by atoms with E-state index < -0.39 is 0 Å². The van der Waals surface area contributed by atoms with Crippen LogP contribution in [0.25, 0.3) is 11.0 Å². The van der Waals surface area contributed by atoms with Gasteiger partial charge < -0.3 is 14.7 Å². The molecule has 132 valence electrons. The minimum Gasteiger partial charge on any atom is -0.354 e. The van der Waals surface area contributed by atoms with Crippen molar-refractivity contribution in [2.75, 3.05) is 31.6 Å². The van der Waals surface area contributed by atoms with Gasteiger partial charge in [-0.1, -0.05) is 6.92 Å². The third-order valence-electron chi connectivity index (χ3n) is 5.53. The Hall–Kier alpha value is -2.46. The van der Waals surface area contributed by atoms with Gasteiger partial charge in [0.05, 0.1) is 17.9 Å². The minimum absolute atomic E-state index is 0.0139. The molecule has 1 spiro atoms. The topological polar surface area (TPSA) is 88.9 Å². The zero-order chi connectivity index (χ0) is 17.9. The number of aldehydes is 1. The maximum Gasteiger partial charge on any atom is 0.142 e. The molecule has 2 atom stereocenters. The Labute approximate surface area is 147 Å². The predicted molar refractivity (Wildman–Crippen MR) is 96.2 cm³/mol. The first-order valence-corrected chi connectivity index (χ1v) is 8.67. The zero-order valence-corrected chi connectivity index (χ0v) is 14.8. The summed E-state index contributed by atoms with van der Waals surface area (Å²) in [7, 11) is 2.26. The maximum absolute atomic E-state index is 9.18. The first-order chi connectivity index (χ1) is 12.1. The van der Waals surface area contributed by atoms with E-state index in [4.69, 9.17) is 5.26 Å². The molecule has 7 nitrogen and oxygen atoms in total. The lowest BCUT2D eigenvalue weighted by Crippen LogP contribution is -2.70. The average molecular weight is 340 g/mol. The smallest absolute Gasteiger partial charge is 0.142 e. The van der Waals surface area contributed by atoms with E-state index in [1.165, 1.54) is 19.4 Å². The number of nitrogens with one attached hydrogen (secondary N) is 1. The summed E-state index contributed by atoms with van der Waals surface area (Å²) in [6, 6.07) is 3.73. The number of anilines is 1. The van der Waals surface area contributed by atoms with Crippen LogP contribution >= 0.6 is 0 Å². The van der Waals surface area contributed by atoms with Crippen molar-refractivity contribution in [3.63, 3.8) is 0 Å². The molecule has 2 unspecified atom stereocenters. The van der Waals surface area contributed by atoms with Gasteiger partial charge in [0.15, 0.2) is 0 Å². The van der Waals surface area contributed by atoms with E-state index in [1.54, 1.807) is 12.4 Å². The Balaban J connectivity index is 0.000000324. The highest BCUT2D eigenvalue weighted by Gasteiger charge is 2.51. The number of rotatable bonds is 2. The quantitative estimate of drug-likeness (QED) is 0.841. The lowest BCUT2D eigenvalue weighted by molar-refractivity contribution is -0.107. The number of likely N-dealkylation sites (N-methyl/N-ethyl adjacent to an activating group) is 1. The molecule has 0 aromatic carbocycles. The van der Waals surface area contributed by atoms with Gasteiger partial charge in [-0.15, -0.1) is 0 Å². The second-order valence-corrected chi connectivity index (χ2v) is 6.88. The Morgan fingerprint density at radius 2 is 2.36 bits per heavy atom. The van der Waals surface area contributed by atoms with Gasteiger partial charge in [-0.25, -0.2) is 9.97 Å². The molecule has 2 saturated heterocycles. The third kappa shape index (κ3) is 3.10. The SMILES string of the molecule is CC1CN(C)C12CCCN(c1ncnc3[nH]ccc13)C2.N#CCC=O. The van der Waals surface area contributed by atoms with Gasteiger partial charge in [-0.2, -0.15) is 5.26 Å². The van der Waals surface area contributed by atoms with Crippen LogP contribution in [0.4, 0.5) is 5.82 Å². The van der Waals surface area contributed by atoms with Crippen LogP contribution in [-0.2, 0) is 4.79 Å². The largest absolute Gasteiger partial charge is 0.354 e. The van der Waals surface area contributed by atoms with Gasteiger partial charge in [0.1, 0.15) is 24.1 Å². The van der Waals surface area contributed by atoms with E-state index >= 15 is 0 Å². The van der Waals surface area contributed by atoms with Crippen molar-refractivity contribution in [1.29, 1.82) is 5.26 Å². The van der Waals surface area contributed by atoms with E-state index in [0.717, 1.165) is 35.9 Å². The number of piperidine rings is 1. The molecular weight excluding hydrogens is 316 g/mol. The van der Waals surface area contributed by atoms with Gasteiger partial charge >= 0.3 is 0 Å². The van der Waals surface area contributed by atoms with E-state index in [9.17, 15) is 4.79 Å². The molecule has 4 rings (SSSR count). The molecule has 7 heteroatoms. The molecule has 0 saturated carbocycles. The van der Waals surface area contributed by atoms with Crippen LogP contribution in [0, 0.1) is 17.2 Å². The fourth-order valence-electron chi connectivity index (χ4n) is 4.13. The molecule has 2 aliphatic rings. The van der Waals surface area contributed by atoms with Gasteiger partial charge in [0, 0.05) is 31.4 Å². The highest BCUT2D eigenvalue weighted by atomic mass is 16.1. The van der Waals surface area contributed by atoms with Crippen molar-refractivity contribution < 1.29 is 4.79 Å². The molecular formula is C18H24N6O. The summed E-state index contributed by atoms with van der Waals surface area (Å²) in [5.74, 6) is 1.86. The number of nitriles is 1. The van der Waals surface area contributed by atoms with E-state index in [2.05, 4.69) is 44.8 Å². The summed E-state index contributed by atoms with van der Waals surface area (Å²) in [5, 5.41) is 8.72. The van der Waals surface area contributed by atoms with Crippen molar-refractivity contribution in [3.8, 4) is 6.07 Å². The third-order valence-corrected chi connectivity index (χ3v) is 5.53. The summed E-state index contributed by atoms with van der Waals surface area (Å²) >= 11 is 0. The average Bonchev–Trinajstić information content (AvgIpc) is 3.12. The van der Waals surface area contributed by atoms with Crippen LogP contribution in [0.5, 0.6) is 0 Å².